The Kier molecular flexibility index (Phi) is 5.71. The van der Waals surface area contributed by atoms with E-state index in [1.807, 2.05) is 0 Å². The summed E-state index contributed by atoms with van der Waals surface area (Å²) in [6, 6.07) is 3.34. The van der Waals surface area contributed by atoms with Crippen molar-refractivity contribution in [2.24, 2.45) is 0 Å². The largest absolute Gasteiger partial charge is 0.416 e. The first-order valence-electron chi connectivity index (χ1n) is 6.16. The molecular weight excluding hydrogens is 287 g/mol. The average Bonchev–Trinajstić information content (AvgIpc) is 2.43. The van der Waals surface area contributed by atoms with E-state index >= 15 is 0 Å². The molecule has 0 heterocycles. The van der Waals surface area contributed by atoms with Crippen LogP contribution in [0.3, 0.4) is 0 Å². The van der Waals surface area contributed by atoms with Gasteiger partial charge in [0.2, 0.25) is 5.91 Å². The summed E-state index contributed by atoms with van der Waals surface area (Å²) in [5.74, 6) is -0.527. The second kappa shape index (κ2) is 7.07. The fourth-order valence-electron chi connectivity index (χ4n) is 1.46. The molecule has 3 N–H and O–H groups in total. The molecule has 1 aromatic carbocycles. The number of halogens is 3. The summed E-state index contributed by atoms with van der Waals surface area (Å²) in [7, 11) is 1.38. The van der Waals surface area contributed by atoms with Gasteiger partial charge in [-0.15, -0.1) is 0 Å². The Labute approximate surface area is 119 Å². The molecule has 3 amide bonds. The van der Waals surface area contributed by atoms with Gasteiger partial charge < -0.3 is 10.6 Å². The number of alkyl halides is 3. The molecule has 1 atom stereocenters. The lowest BCUT2D eigenvalue weighted by molar-refractivity contribution is -0.137. The fraction of sp³-hybridized carbons (Fsp3) is 0.385. The molecule has 0 fully saturated rings. The van der Waals surface area contributed by atoms with E-state index < -0.39 is 29.7 Å². The minimum Gasteiger partial charge on any atom is -0.341 e. The summed E-state index contributed by atoms with van der Waals surface area (Å²) in [4.78, 5) is 22.5. The Bertz CT molecular complexity index is 500. The van der Waals surface area contributed by atoms with E-state index in [9.17, 15) is 22.8 Å². The maximum Gasteiger partial charge on any atom is 0.416 e. The number of hydrogen-bond donors (Lipinski definition) is 3. The first-order valence-corrected chi connectivity index (χ1v) is 6.16. The molecule has 0 aromatic heterocycles. The van der Waals surface area contributed by atoms with Gasteiger partial charge in [-0.3, -0.25) is 10.1 Å². The van der Waals surface area contributed by atoms with Crippen LogP contribution in [0.1, 0.15) is 18.1 Å². The summed E-state index contributed by atoms with van der Waals surface area (Å²) >= 11 is 0. The van der Waals surface area contributed by atoms with Gasteiger partial charge in [-0.1, -0.05) is 12.1 Å². The first-order chi connectivity index (χ1) is 9.74. The molecule has 0 aliphatic rings. The number of imide groups is 1. The van der Waals surface area contributed by atoms with Crippen LogP contribution in [-0.2, 0) is 17.5 Å². The predicted octanol–water partition coefficient (Wildman–Crippen LogP) is 1.64. The van der Waals surface area contributed by atoms with Crippen LogP contribution < -0.4 is 16.0 Å². The highest BCUT2D eigenvalue weighted by Gasteiger charge is 2.29. The number of amides is 3. The quantitative estimate of drug-likeness (QED) is 0.792. The maximum atomic E-state index is 12.4. The standard InChI is InChI=1S/C13H16F3N3O2/c1-8(11(20)19-12(21)17-2)18-7-9-3-5-10(6-4-9)13(14,15)16/h3-6,8,18H,7H2,1-2H3,(H2,17,19,20,21). The topological polar surface area (TPSA) is 70.2 Å². The number of nitrogens with one attached hydrogen (secondary N) is 3. The van der Waals surface area contributed by atoms with Gasteiger partial charge in [0.25, 0.3) is 0 Å². The van der Waals surface area contributed by atoms with Crippen LogP contribution >= 0.6 is 0 Å². The molecule has 8 heteroatoms. The van der Waals surface area contributed by atoms with Crippen LogP contribution in [0, 0.1) is 0 Å². The highest BCUT2D eigenvalue weighted by atomic mass is 19.4. The molecule has 21 heavy (non-hydrogen) atoms. The highest BCUT2D eigenvalue weighted by molar-refractivity contribution is 5.96. The molecule has 5 nitrogen and oxygen atoms in total. The smallest absolute Gasteiger partial charge is 0.341 e. The van der Waals surface area contributed by atoms with E-state index in [-0.39, 0.29) is 6.54 Å². The summed E-state index contributed by atoms with van der Waals surface area (Å²) in [5, 5.41) is 7.15. The van der Waals surface area contributed by atoms with E-state index in [1.165, 1.54) is 19.2 Å². The molecule has 0 radical (unpaired) electrons. The zero-order valence-electron chi connectivity index (χ0n) is 11.5. The van der Waals surface area contributed by atoms with Crippen molar-refractivity contribution < 1.29 is 22.8 Å². The van der Waals surface area contributed by atoms with Crippen LogP contribution in [0.15, 0.2) is 24.3 Å². The number of hydrogen-bond acceptors (Lipinski definition) is 3. The van der Waals surface area contributed by atoms with Gasteiger partial charge in [-0.2, -0.15) is 13.2 Å². The maximum absolute atomic E-state index is 12.4. The molecule has 0 saturated carbocycles. The molecule has 0 saturated heterocycles. The lowest BCUT2D eigenvalue weighted by Crippen LogP contribution is -2.47. The molecule has 0 aliphatic heterocycles. The minimum absolute atomic E-state index is 0.209. The van der Waals surface area contributed by atoms with Crippen LogP contribution in [0.25, 0.3) is 0 Å². The highest BCUT2D eigenvalue weighted by Crippen LogP contribution is 2.28. The number of rotatable bonds is 4. The second-order valence-corrected chi connectivity index (χ2v) is 4.37. The molecule has 1 unspecified atom stereocenters. The van der Waals surface area contributed by atoms with Gasteiger partial charge in [-0.05, 0) is 24.6 Å². The lowest BCUT2D eigenvalue weighted by atomic mass is 10.1. The van der Waals surface area contributed by atoms with Gasteiger partial charge in [0, 0.05) is 13.6 Å². The van der Waals surface area contributed by atoms with Crippen molar-refractivity contribution in [3.05, 3.63) is 35.4 Å². The molecular formula is C13H16F3N3O2. The Morgan fingerprint density at radius 1 is 1.19 bits per heavy atom. The summed E-state index contributed by atoms with van der Waals surface area (Å²) in [6.45, 7) is 1.75. The van der Waals surface area contributed by atoms with Crippen LogP contribution in [0.4, 0.5) is 18.0 Å². The number of carbonyl (C=O) groups excluding carboxylic acids is 2. The van der Waals surface area contributed by atoms with Crippen molar-refractivity contribution in [2.45, 2.75) is 25.7 Å². The van der Waals surface area contributed by atoms with E-state index in [0.717, 1.165) is 12.1 Å². The zero-order valence-corrected chi connectivity index (χ0v) is 11.5. The van der Waals surface area contributed by atoms with Gasteiger partial charge >= 0.3 is 12.2 Å². The summed E-state index contributed by atoms with van der Waals surface area (Å²) < 4.78 is 37.2. The summed E-state index contributed by atoms with van der Waals surface area (Å²) in [5.41, 5.74) is -0.126. The second-order valence-electron chi connectivity index (χ2n) is 4.37. The number of urea groups is 1. The third-order valence-corrected chi connectivity index (χ3v) is 2.75. The third kappa shape index (κ3) is 5.42. The van der Waals surface area contributed by atoms with Crippen LogP contribution in [0.2, 0.25) is 0 Å². The SMILES string of the molecule is CNC(=O)NC(=O)C(C)NCc1ccc(C(F)(F)F)cc1. The van der Waals surface area contributed by atoms with Gasteiger partial charge in [0.15, 0.2) is 0 Å². The molecule has 1 rings (SSSR count). The van der Waals surface area contributed by atoms with Crippen LogP contribution in [-0.4, -0.2) is 25.0 Å². The lowest BCUT2D eigenvalue weighted by Gasteiger charge is -2.13. The van der Waals surface area contributed by atoms with E-state index in [0.29, 0.717) is 5.56 Å². The van der Waals surface area contributed by atoms with E-state index in [4.69, 9.17) is 0 Å². The molecule has 0 bridgehead atoms. The zero-order chi connectivity index (χ0) is 16.0. The monoisotopic (exact) mass is 303 g/mol. The van der Waals surface area contributed by atoms with Crippen molar-refractivity contribution >= 4 is 11.9 Å². The van der Waals surface area contributed by atoms with Crippen molar-refractivity contribution in [3.8, 4) is 0 Å². The Morgan fingerprint density at radius 3 is 2.24 bits per heavy atom. The first kappa shape index (κ1) is 17.0. The Morgan fingerprint density at radius 2 is 1.76 bits per heavy atom. The number of carbonyl (C=O) groups is 2. The average molecular weight is 303 g/mol. The number of benzene rings is 1. The third-order valence-electron chi connectivity index (χ3n) is 2.75. The Balaban J connectivity index is 2.51. The molecule has 1 aromatic rings. The van der Waals surface area contributed by atoms with E-state index in [1.54, 1.807) is 6.92 Å². The fourth-order valence-corrected chi connectivity index (χ4v) is 1.46. The van der Waals surface area contributed by atoms with Crippen molar-refractivity contribution in [2.75, 3.05) is 7.05 Å². The van der Waals surface area contributed by atoms with Gasteiger partial charge in [0.05, 0.1) is 11.6 Å². The van der Waals surface area contributed by atoms with Gasteiger partial charge in [0.1, 0.15) is 0 Å². The van der Waals surface area contributed by atoms with Crippen molar-refractivity contribution in [3.63, 3.8) is 0 Å². The van der Waals surface area contributed by atoms with Crippen molar-refractivity contribution in [1.82, 2.24) is 16.0 Å². The molecule has 0 aliphatic carbocycles. The summed E-state index contributed by atoms with van der Waals surface area (Å²) in [6.07, 6.45) is -4.37. The predicted molar refractivity (Wildman–Crippen MR) is 70.3 cm³/mol. The van der Waals surface area contributed by atoms with Gasteiger partial charge in [-0.25, -0.2) is 4.79 Å². The normalized spacial score (nSPS) is 12.6. The van der Waals surface area contributed by atoms with E-state index in [2.05, 4.69) is 16.0 Å². The molecule has 116 valence electrons. The molecule has 0 spiro atoms. The van der Waals surface area contributed by atoms with Crippen LogP contribution in [0.5, 0.6) is 0 Å². The Hall–Kier alpha value is -2.09. The minimum atomic E-state index is -4.37. The van der Waals surface area contributed by atoms with Crippen molar-refractivity contribution in [1.29, 1.82) is 0 Å².